The average molecular weight is 339 g/mol. The zero-order valence-electron chi connectivity index (χ0n) is 12.1. The first-order valence-electron chi connectivity index (χ1n) is 7.41. The Bertz CT molecular complexity index is 427. The van der Waals surface area contributed by atoms with E-state index in [0.717, 1.165) is 30.5 Å². The van der Waals surface area contributed by atoms with E-state index >= 15 is 0 Å². The van der Waals surface area contributed by atoms with Gasteiger partial charge in [0.2, 0.25) is 5.91 Å². The molecule has 0 spiro atoms. The van der Waals surface area contributed by atoms with Gasteiger partial charge in [0, 0.05) is 36.6 Å². The fourth-order valence-electron chi connectivity index (χ4n) is 2.60. The molecule has 1 atom stereocenters. The zero-order valence-corrected chi connectivity index (χ0v) is 13.7. The van der Waals surface area contributed by atoms with E-state index in [4.69, 9.17) is 0 Å². The Labute approximate surface area is 129 Å². The highest BCUT2D eigenvalue weighted by atomic mass is 79.9. The summed E-state index contributed by atoms with van der Waals surface area (Å²) < 4.78 is 1.11. The van der Waals surface area contributed by atoms with Gasteiger partial charge >= 0.3 is 0 Å². The molecule has 1 fully saturated rings. The zero-order chi connectivity index (χ0) is 14.4. The molecule has 1 heterocycles. The number of likely N-dealkylation sites (tertiary alicyclic amines) is 1. The van der Waals surface area contributed by atoms with Crippen molar-refractivity contribution in [1.29, 1.82) is 0 Å². The van der Waals surface area contributed by atoms with Gasteiger partial charge in [0.1, 0.15) is 0 Å². The highest BCUT2D eigenvalue weighted by Gasteiger charge is 2.17. The van der Waals surface area contributed by atoms with Crippen LogP contribution in [-0.2, 0) is 11.2 Å². The standard InChI is InChI=1S/C16H23BrN2O/c1-13(12-14-4-6-15(17)7-5-14)18-9-8-16(20)19-10-2-3-11-19/h4-7,13,18H,2-3,8-12H2,1H3. The molecule has 1 N–H and O–H groups in total. The molecular weight excluding hydrogens is 316 g/mol. The van der Waals surface area contributed by atoms with Crippen LogP contribution in [0, 0.1) is 0 Å². The first kappa shape index (κ1) is 15.5. The quantitative estimate of drug-likeness (QED) is 0.864. The largest absolute Gasteiger partial charge is 0.343 e. The summed E-state index contributed by atoms with van der Waals surface area (Å²) in [6.45, 7) is 4.84. The van der Waals surface area contributed by atoms with Crippen LogP contribution in [0.15, 0.2) is 28.7 Å². The van der Waals surface area contributed by atoms with Crippen LogP contribution in [0.3, 0.4) is 0 Å². The van der Waals surface area contributed by atoms with E-state index in [0.29, 0.717) is 18.4 Å². The average Bonchev–Trinajstić information content (AvgIpc) is 2.95. The van der Waals surface area contributed by atoms with Crippen LogP contribution in [0.2, 0.25) is 0 Å². The van der Waals surface area contributed by atoms with Gasteiger partial charge in [-0.15, -0.1) is 0 Å². The second kappa shape index (κ2) is 7.79. The van der Waals surface area contributed by atoms with Crippen LogP contribution in [-0.4, -0.2) is 36.5 Å². The van der Waals surface area contributed by atoms with Gasteiger partial charge in [0.05, 0.1) is 0 Å². The summed E-state index contributed by atoms with van der Waals surface area (Å²) in [6, 6.07) is 8.80. The molecule has 1 unspecified atom stereocenters. The Morgan fingerprint density at radius 1 is 1.30 bits per heavy atom. The van der Waals surface area contributed by atoms with Crippen molar-refractivity contribution >= 4 is 21.8 Å². The highest BCUT2D eigenvalue weighted by Crippen LogP contribution is 2.12. The van der Waals surface area contributed by atoms with E-state index < -0.39 is 0 Å². The van der Waals surface area contributed by atoms with E-state index in [-0.39, 0.29) is 0 Å². The van der Waals surface area contributed by atoms with Gasteiger partial charge in [0.15, 0.2) is 0 Å². The summed E-state index contributed by atoms with van der Waals surface area (Å²) in [5.41, 5.74) is 1.32. The SMILES string of the molecule is CC(Cc1ccc(Br)cc1)NCCC(=O)N1CCCC1. The number of amides is 1. The van der Waals surface area contributed by atoms with Gasteiger partial charge in [-0.05, 0) is 43.9 Å². The number of hydrogen-bond donors (Lipinski definition) is 1. The summed E-state index contributed by atoms with van der Waals surface area (Å²) in [5, 5.41) is 3.44. The summed E-state index contributed by atoms with van der Waals surface area (Å²) in [6.07, 6.45) is 3.94. The Morgan fingerprint density at radius 3 is 2.60 bits per heavy atom. The van der Waals surface area contributed by atoms with Crippen LogP contribution in [0.4, 0.5) is 0 Å². The third-order valence-corrected chi connectivity index (χ3v) is 4.27. The second-order valence-electron chi connectivity index (χ2n) is 5.52. The van der Waals surface area contributed by atoms with Crippen LogP contribution in [0.5, 0.6) is 0 Å². The smallest absolute Gasteiger partial charge is 0.223 e. The Kier molecular flexibility index (Phi) is 6.05. The predicted molar refractivity (Wildman–Crippen MR) is 85.7 cm³/mol. The van der Waals surface area contributed by atoms with Crippen molar-refractivity contribution in [3.63, 3.8) is 0 Å². The molecule has 0 radical (unpaired) electrons. The van der Waals surface area contributed by atoms with Crippen molar-refractivity contribution in [3.05, 3.63) is 34.3 Å². The third kappa shape index (κ3) is 4.91. The van der Waals surface area contributed by atoms with Crippen LogP contribution < -0.4 is 5.32 Å². The van der Waals surface area contributed by atoms with Gasteiger partial charge in [-0.1, -0.05) is 28.1 Å². The highest BCUT2D eigenvalue weighted by molar-refractivity contribution is 9.10. The number of nitrogens with zero attached hydrogens (tertiary/aromatic N) is 1. The molecule has 20 heavy (non-hydrogen) atoms. The maximum absolute atomic E-state index is 11.9. The summed E-state index contributed by atoms with van der Waals surface area (Å²) >= 11 is 3.44. The molecule has 0 bridgehead atoms. The molecule has 110 valence electrons. The van der Waals surface area contributed by atoms with E-state index in [9.17, 15) is 4.79 Å². The molecule has 1 aliphatic heterocycles. The summed E-state index contributed by atoms with van der Waals surface area (Å²) in [4.78, 5) is 13.9. The molecule has 1 aliphatic rings. The summed E-state index contributed by atoms with van der Waals surface area (Å²) in [7, 11) is 0. The van der Waals surface area contributed by atoms with Gasteiger partial charge < -0.3 is 10.2 Å². The predicted octanol–water partition coefficient (Wildman–Crippen LogP) is 2.98. The van der Waals surface area contributed by atoms with Crippen molar-refractivity contribution in [2.75, 3.05) is 19.6 Å². The molecular formula is C16H23BrN2O. The van der Waals surface area contributed by atoms with E-state index in [1.165, 1.54) is 18.4 Å². The first-order valence-corrected chi connectivity index (χ1v) is 8.20. The molecule has 0 aromatic heterocycles. The Morgan fingerprint density at radius 2 is 1.95 bits per heavy atom. The number of carbonyl (C=O) groups excluding carboxylic acids is 1. The molecule has 2 rings (SSSR count). The Balaban J connectivity index is 1.65. The number of hydrogen-bond acceptors (Lipinski definition) is 2. The van der Waals surface area contributed by atoms with E-state index in [1.807, 2.05) is 4.90 Å². The van der Waals surface area contributed by atoms with Gasteiger partial charge in [-0.2, -0.15) is 0 Å². The number of halogens is 1. The van der Waals surface area contributed by atoms with Crippen LogP contribution in [0.1, 0.15) is 31.7 Å². The van der Waals surface area contributed by atoms with Crippen LogP contribution in [0.25, 0.3) is 0 Å². The minimum atomic E-state index is 0.297. The number of rotatable bonds is 6. The van der Waals surface area contributed by atoms with E-state index in [1.54, 1.807) is 0 Å². The molecule has 1 saturated heterocycles. The lowest BCUT2D eigenvalue weighted by Gasteiger charge is -2.17. The lowest BCUT2D eigenvalue weighted by molar-refractivity contribution is -0.130. The fraction of sp³-hybridized carbons (Fsp3) is 0.562. The molecule has 3 nitrogen and oxygen atoms in total. The van der Waals surface area contributed by atoms with Crippen molar-refractivity contribution < 1.29 is 4.79 Å². The first-order chi connectivity index (χ1) is 9.65. The number of carbonyl (C=O) groups is 1. The minimum absolute atomic E-state index is 0.297. The molecule has 0 aliphatic carbocycles. The van der Waals surface area contributed by atoms with Crippen molar-refractivity contribution in [1.82, 2.24) is 10.2 Å². The van der Waals surface area contributed by atoms with Crippen molar-refractivity contribution in [3.8, 4) is 0 Å². The summed E-state index contributed by atoms with van der Waals surface area (Å²) in [5.74, 6) is 0.297. The van der Waals surface area contributed by atoms with Gasteiger partial charge in [-0.25, -0.2) is 0 Å². The molecule has 0 saturated carbocycles. The van der Waals surface area contributed by atoms with Crippen molar-refractivity contribution in [2.24, 2.45) is 0 Å². The fourth-order valence-corrected chi connectivity index (χ4v) is 2.86. The maximum atomic E-state index is 11.9. The molecule has 4 heteroatoms. The van der Waals surface area contributed by atoms with E-state index in [2.05, 4.69) is 52.4 Å². The molecule has 1 aromatic rings. The normalized spacial score (nSPS) is 16.4. The monoisotopic (exact) mass is 338 g/mol. The minimum Gasteiger partial charge on any atom is -0.343 e. The molecule has 1 amide bonds. The Hall–Kier alpha value is -0.870. The maximum Gasteiger partial charge on any atom is 0.223 e. The number of nitrogens with one attached hydrogen (secondary N) is 1. The topological polar surface area (TPSA) is 32.3 Å². The lowest BCUT2D eigenvalue weighted by atomic mass is 10.1. The van der Waals surface area contributed by atoms with Gasteiger partial charge in [-0.3, -0.25) is 4.79 Å². The number of benzene rings is 1. The lowest BCUT2D eigenvalue weighted by Crippen LogP contribution is -2.34. The third-order valence-electron chi connectivity index (χ3n) is 3.75. The van der Waals surface area contributed by atoms with Gasteiger partial charge in [0.25, 0.3) is 0 Å². The van der Waals surface area contributed by atoms with Crippen molar-refractivity contribution in [2.45, 2.75) is 38.6 Å². The van der Waals surface area contributed by atoms with Crippen LogP contribution >= 0.6 is 15.9 Å². The molecule has 1 aromatic carbocycles. The second-order valence-corrected chi connectivity index (χ2v) is 6.44.